The number of benzene rings is 2. The molecule has 0 fully saturated rings. The molecule has 156 valence electrons. The molecule has 2 aromatic carbocycles. The van der Waals surface area contributed by atoms with E-state index in [1.807, 2.05) is 51.1 Å². The molecule has 0 aliphatic rings. The van der Waals surface area contributed by atoms with E-state index in [2.05, 4.69) is 15.6 Å². The van der Waals surface area contributed by atoms with Crippen LogP contribution >= 0.6 is 0 Å². The van der Waals surface area contributed by atoms with Crippen LogP contribution in [0.5, 0.6) is 0 Å². The minimum atomic E-state index is -0.272. The van der Waals surface area contributed by atoms with E-state index in [4.69, 9.17) is 0 Å². The van der Waals surface area contributed by atoms with Crippen LogP contribution in [0.3, 0.4) is 0 Å². The Balaban J connectivity index is 1.48. The van der Waals surface area contributed by atoms with Gasteiger partial charge in [0.15, 0.2) is 0 Å². The summed E-state index contributed by atoms with van der Waals surface area (Å²) in [5, 5.41) is 6.04. The molecule has 7 nitrogen and oxygen atoms in total. The van der Waals surface area contributed by atoms with Crippen molar-refractivity contribution in [1.82, 2.24) is 14.9 Å². The lowest BCUT2D eigenvalue weighted by Gasteiger charge is -2.12. The minimum Gasteiger partial charge on any atom is -0.347 e. The van der Waals surface area contributed by atoms with Gasteiger partial charge in [-0.25, -0.2) is 4.98 Å². The monoisotopic (exact) mass is 406 g/mol. The predicted molar refractivity (Wildman–Crippen MR) is 118 cm³/mol. The van der Waals surface area contributed by atoms with Crippen LogP contribution in [0, 0.1) is 20.8 Å². The third-order valence-electron chi connectivity index (χ3n) is 5.05. The van der Waals surface area contributed by atoms with Crippen molar-refractivity contribution in [2.24, 2.45) is 0 Å². The first-order valence-electron chi connectivity index (χ1n) is 9.94. The van der Waals surface area contributed by atoms with E-state index in [-0.39, 0.29) is 30.3 Å². The second-order valence-corrected chi connectivity index (χ2v) is 7.41. The van der Waals surface area contributed by atoms with Gasteiger partial charge >= 0.3 is 0 Å². The molecule has 0 spiro atoms. The van der Waals surface area contributed by atoms with Gasteiger partial charge in [-0.15, -0.1) is 0 Å². The fourth-order valence-electron chi connectivity index (χ4n) is 3.37. The summed E-state index contributed by atoms with van der Waals surface area (Å²) in [6, 6.07) is 11.3. The highest BCUT2D eigenvalue weighted by atomic mass is 16.2. The van der Waals surface area contributed by atoms with Crippen molar-refractivity contribution in [3.05, 3.63) is 69.8 Å². The second-order valence-electron chi connectivity index (χ2n) is 7.41. The molecule has 0 atom stereocenters. The number of nitrogens with zero attached hydrogens (tertiary/aromatic N) is 2. The van der Waals surface area contributed by atoms with Gasteiger partial charge in [0.1, 0.15) is 0 Å². The lowest BCUT2D eigenvalue weighted by molar-refractivity contribution is -0.124. The maximum atomic E-state index is 12.6. The summed E-state index contributed by atoms with van der Waals surface area (Å²) >= 11 is 0. The summed E-state index contributed by atoms with van der Waals surface area (Å²) in [6.07, 6.45) is 2.21. The zero-order valence-corrected chi connectivity index (χ0v) is 17.5. The largest absolute Gasteiger partial charge is 0.347 e. The Morgan fingerprint density at radius 3 is 2.37 bits per heavy atom. The standard InChI is InChI=1S/C23H26N4O3/c1-15-7-4-8-16(2)21(15)26-20(29)13-24-19(28)11-6-12-27-14-25-22-17(3)9-5-10-18(22)23(27)30/h4-5,7-10,14H,6,11-13H2,1-3H3,(H,24,28)(H,26,29). The van der Waals surface area contributed by atoms with E-state index >= 15 is 0 Å². The molecule has 0 aliphatic heterocycles. The van der Waals surface area contributed by atoms with Gasteiger partial charge < -0.3 is 10.6 Å². The molecule has 0 bridgehead atoms. The Labute approximate surface area is 175 Å². The third-order valence-corrected chi connectivity index (χ3v) is 5.05. The number of aryl methyl sites for hydroxylation is 4. The molecule has 2 amide bonds. The average molecular weight is 406 g/mol. The Morgan fingerprint density at radius 1 is 0.967 bits per heavy atom. The third kappa shape index (κ3) is 4.92. The number of carbonyl (C=O) groups excluding carboxylic acids is 2. The van der Waals surface area contributed by atoms with Gasteiger partial charge in [0.2, 0.25) is 11.8 Å². The van der Waals surface area contributed by atoms with Crippen LogP contribution in [0.2, 0.25) is 0 Å². The molecule has 1 heterocycles. The lowest BCUT2D eigenvalue weighted by atomic mass is 10.1. The molecule has 0 aliphatic carbocycles. The summed E-state index contributed by atoms with van der Waals surface area (Å²) in [5.41, 5.74) is 4.26. The van der Waals surface area contributed by atoms with E-state index in [0.29, 0.717) is 23.9 Å². The summed E-state index contributed by atoms with van der Waals surface area (Å²) in [6.45, 7) is 6.05. The molecule has 1 aromatic heterocycles. The fraction of sp³-hybridized carbons (Fsp3) is 0.304. The first-order valence-corrected chi connectivity index (χ1v) is 9.94. The number of rotatable bonds is 7. The highest BCUT2D eigenvalue weighted by Crippen LogP contribution is 2.19. The van der Waals surface area contributed by atoms with Gasteiger partial charge in [0.05, 0.1) is 23.8 Å². The quantitative estimate of drug-likeness (QED) is 0.631. The number of aromatic nitrogens is 2. The first kappa shape index (κ1) is 21.2. The normalized spacial score (nSPS) is 10.8. The maximum Gasteiger partial charge on any atom is 0.261 e. The van der Waals surface area contributed by atoms with Crippen molar-refractivity contribution in [1.29, 1.82) is 0 Å². The van der Waals surface area contributed by atoms with Gasteiger partial charge in [-0.1, -0.05) is 30.3 Å². The molecular weight excluding hydrogens is 380 g/mol. The van der Waals surface area contributed by atoms with Crippen LogP contribution in [-0.2, 0) is 16.1 Å². The van der Waals surface area contributed by atoms with Crippen molar-refractivity contribution in [3.63, 3.8) is 0 Å². The van der Waals surface area contributed by atoms with Gasteiger partial charge in [-0.2, -0.15) is 0 Å². The number of hydrogen-bond donors (Lipinski definition) is 2. The van der Waals surface area contributed by atoms with Crippen molar-refractivity contribution in [2.75, 3.05) is 11.9 Å². The van der Waals surface area contributed by atoms with E-state index < -0.39 is 0 Å². The van der Waals surface area contributed by atoms with Crippen molar-refractivity contribution in [2.45, 2.75) is 40.2 Å². The number of fused-ring (bicyclic) bond motifs is 1. The van der Waals surface area contributed by atoms with Gasteiger partial charge in [-0.3, -0.25) is 19.0 Å². The van der Waals surface area contributed by atoms with E-state index in [1.54, 1.807) is 6.07 Å². The van der Waals surface area contributed by atoms with E-state index in [0.717, 1.165) is 22.4 Å². The molecule has 3 rings (SSSR count). The fourth-order valence-corrected chi connectivity index (χ4v) is 3.37. The molecule has 2 N–H and O–H groups in total. The molecule has 0 unspecified atom stereocenters. The van der Waals surface area contributed by atoms with Crippen LogP contribution in [0.15, 0.2) is 47.5 Å². The maximum absolute atomic E-state index is 12.6. The van der Waals surface area contributed by atoms with Crippen molar-refractivity contribution < 1.29 is 9.59 Å². The summed E-state index contributed by atoms with van der Waals surface area (Å²) < 4.78 is 1.52. The molecule has 3 aromatic rings. The number of nitrogens with one attached hydrogen (secondary N) is 2. The summed E-state index contributed by atoms with van der Waals surface area (Å²) in [7, 11) is 0. The number of hydrogen-bond acceptors (Lipinski definition) is 4. The second kappa shape index (κ2) is 9.35. The van der Waals surface area contributed by atoms with Crippen LogP contribution in [0.25, 0.3) is 10.9 Å². The number of carbonyl (C=O) groups is 2. The predicted octanol–water partition coefficient (Wildman–Crippen LogP) is 2.86. The van der Waals surface area contributed by atoms with Crippen molar-refractivity contribution in [3.8, 4) is 0 Å². The van der Waals surface area contributed by atoms with Crippen LogP contribution in [0.1, 0.15) is 29.5 Å². The van der Waals surface area contributed by atoms with Crippen LogP contribution in [-0.4, -0.2) is 27.9 Å². The average Bonchev–Trinajstić information content (AvgIpc) is 2.71. The zero-order chi connectivity index (χ0) is 21.7. The number of amides is 2. The smallest absolute Gasteiger partial charge is 0.261 e. The Bertz CT molecular complexity index is 1130. The molecule has 30 heavy (non-hydrogen) atoms. The zero-order valence-electron chi connectivity index (χ0n) is 17.5. The number of anilines is 1. The minimum absolute atomic E-state index is 0.0939. The summed E-state index contributed by atoms with van der Waals surface area (Å²) in [4.78, 5) is 41.1. The molecule has 0 saturated carbocycles. The summed E-state index contributed by atoms with van der Waals surface area (Å²) in [5.74, 6) is -0.504. The first-order chi connectivity index (χ1) is 14.4. The highest BCUT2D eigenvalue weighted by Gasteiger charge is 2.10. The van der Waals surface area contributed by atoms with E-state index in [1.165, 1.54) is 10.9 Å². The topological polar surface area (TPSA) is 93.1 Å². The van der Waals surface area contributed by atoms with Gasteiger partial charge in [0, 0.05) is 18.7 Å². The van der Waals surface area contributed by atoms with Gasteiger partial charge in [0.25, 0.3) is 5.56 Å². The van der Waals surface area contributed by atoms with E-state index in [9.17, 15) is 14.4 Å². The Morgan fingerprint density at radius 2 is 1.63 bits per heavy atom. The SMILES string of the molecule is Cc1cccc(C)c1NC(=O)CNC(=O)CCCn1cnc2c(C)cccc2c1=O. The van der Waals surface area contributed by atoms with Crippen LogP contribution < -0.4 is 16.2 Å². The Hall–Kier alpha value is -3.48. The van der Waals surface area contributed by atoms with Gasteiger partial charge in [-0.05, 0) is 49.9 Å². The number of para-hydroxylation sites is 2. The molecule has 0 radical (unpaired) electrons. The molecule has 0 saturated heterocycles. The highest BCUT2D eigenvalue weighted by molar-refractivity contribution is 5.95. The molecule has 7 heteroatoms. The molecular formula is C23H26N4O3. The van der Waals surface area contributed by atoms with Crippen molar-refractivity contribution >= 4 is 28.4 Å². The van der Waals surface area contributed by atoms with Crippen LogP contribution in [0.4, 0.5) is 5.69 Å². The lowest BCUT2D eigenvalue weighted by Crippen LogP contribution is -2.33. The Kier molecular flexibility index (Phi) is 6.61.